The highest BCUT2D eigenvalue weighted by Gasteiger charge is 2.15. The van der Waals surface area contributed by atoms with Gasteiger partial charge < -0.3 is 10.6 Å². The van der Waals surface area contributed by atoms with Crippen LogP contribution in [0, 0.1) is 10.1 Å². The number of rotatable bonds is 6. The number of anilines is 2. The lowest BCUT2D eigenvalue weighted by molar-refractivity contribution is -0.385. The lowest BCUT2D eigenvalue weighted by atomic mass is 10.1. The summed E-state index contributed by atoms with van der Waals surface area (Å²) in [5, 5.41) is 17.7. The Morgan fingerprint density at radius 1 is 1.11 bits per heavy atom. The molecular formula is C20H22N6O2. The van der Waals surface area contributed by atoms with Crippen molar-refractivity contribution in [2.24, 2.45) is 0 Å². The van der Waals surface area contributed by atoms with Crippen molar-refractivity contribution in [3.63, 3.8) is 0 Å². The summed E-state index contributed by atoms with van der Waals surface area (Å²) in [5.41, 5.74) is 2.00. The van der Waals surface area contributed by atoms with Gasteiger partial charge >= 0.3 is 0 Å². The molecule has 2 N–H and O–H groups in total. The number of benzene rings is 1. The maximum atomic E-state index is 11.2. The molecule has 28 heavy (non-hydrogen) atoms. The van der Waals surface area contributed by atoms with Crippen LogP contribution in [0.4, 0.5) is 17.5 Å². The van der Waals surface area contributed by atoms with E-state index in [0.717, 1.165) is 5.56 Å². The van der Waals surface area contributed by atoms with Crippen molar-refractivity contribution in [2.45, 2.75) is 32.9 Å². The zero-order valence-electron chi connectivity index (χ0n) is 16.0. The van der Waals surface area contributed by atoms with Gasteiger partial charge in [0.15, 0.2) is 0 Å². The zero-order valence-corrected chi connectivity index (χ0v) is 16.0. The van der Waals surface area contributed by atoms with Crippen molar-refractivity contribution in [3.05, 3.63) is 70.5 Å². The first-order chi connectivity index (χ1) is 13.3. The van der Waals surface area contributed by atoms with Gasteiger partial charge in [-0.05, 0) is 32.9 Å². The quantitative estimate of drug-likeness (QED) is 0.487. The minimum Gasteiger partial charge on any atom is -0.366 e. The van der Waals surface area contributed by atoms with Gasteiger partial charge in [0.25, 0.3) is 5.69 Å². The highest BCUT2D eigenvalue weighted by molar-refractivity contribution is 5.63. The van der Waals surface area contributed by atoms with Crippen LogP contribution in [0.15, 0.2) is 54.9 Å². The van der Waals surface area contributed by atoms with Gasteiger partial charge in [-0.2, -0.15) is 4.98 Å². The molecule has 3 aromatic rings. The van der Waals surface area contributed by atoms with E-state index in [1.54, 1.807) is 36.7 Å². The van der Waals surface area contributed by atoms with Gasteiger partial charge in [-0.25, -0.2) is 4.98 Å². The molecule has 1 aromatic carbocycles. The molecule has 0 spiro atoms. The monoisotopic (exact) mass is 378 g/mol. The number of nitro benzene ring substituents is 1. The first-order valence-corrected chi connectivity index (χ1v) is 8.86. The van der Waals surface area contributed by atoms with E-state index in [0.29, 0.717) is 23.0 Å². The fourth-order valence-electron chi connectivity index (χ4n) is 2.62. The molecule has 0 saturated heterocycles. The number of nitrogens with zero attached hydrogens (tertiary/aromatic N) is 4. The van der Waals surface area contributed by atoms with Crippen LogP contribution in [0.5, 0.6) is 0 Å². The molecule has 8 heteroatoms. The summed E-state index contributed by atoms with van der Waals surface area (Å²) in [6.45, 7) is 6.34. The maximum Gasteiger partial charge on any atom is 0.274 e. The maximum absolute atomic E-state index is 11.2. The summed E-state index contributed by atoms with van der Waals surface area (Å²) in [6.07, 6.45) is 3.43. The number of para-hydroxylation sites is 1. The first-order valence-electron chi connectivity index (χ1n) is 8.86. The molecule has 0 saturated carbocycles. The molecule has 8 nitrogen and oxygen atoms in total. The van der Waals surface area contributed by atoms with Gasteiger partial charge in [-0.15, -0.1) is 0 Å². The lowest BCUT2D eigenvalue weighted by Gasteiger charge is -2.21. The van der Waals surface area contributed by atoms with Gasteiger partial charge in [0.2, 0.25) is 5.95 Å². The number of pyridine rings is 1. The van der Waals surface area contributed by atoms with Gasteiger partial charge in [0.1, 0.15) is 5.82 Å². The molecule has 3 rings (SSSR count). The molecule has 2 heterocycles. The largest absolute Gasteiger partial charge is 0.366 e. The Morgan fingerprint density at radius 2 is 1.89 bits per heavy atom. The molecule has 0 aliphatic carbocycles. The molecule has 144 valence electrons. The van der Waals surface area contributed by atoms with E-state index in [-0.39, 0.29) is 22.7 Å². The Hall–Kier alpha value is -3.55. The third-order valence-electron chi connectivity index (χ3n) is 3.82. The minimum atomic E-state index is -0.384. The molecular weight excluding hydrogens is 356 g/mol. The van der Waals surface area contributed by atoms with Crippen molar-refractivity contribution < 1.29 is 4.92 Å². The Balaban J connectivity index is 1.92. The molecule has 0 aliphatic rings. The average molecular weight is 378 g/mol. The second kappa shape index (κ2) is 7.99. The summed E-state index contributed by atoms with van der Waals surface area (Å²) < 4.78 is 0. The van der Waals surface area contributed by atoms with Crippen LogP contribution in [-0.2, 0) is 6.54 Å². The van der Waals surface area contributed by atoms with Crippen molar-refractivity contribution in [1.82, 2.24) is 15.0 Å². The van der Waals surface area contributed by atoms with Crippen LogP contribution in [0.3, 0.4) is 0 Å². The summed E-state index contributed by atoms with van der Waals surface area (Å²) in [7, 11) is 0. The van der Waals surface area contributed by atoms with E-state index in [9.17, 15) is 10.1 Å². The molecule has 0 unspecified atom stereocenters. The van der Waals surface area contributed by atoms with Gasteiger partial charge in [-0.1, -0.05) is 18.2 Å². The lowest BCUT2D eigenvalue weighted by Crippen LogP contribution is -2.27. The minimum absolute atomic E-state index is 0.0737. The fourth-order valence-corrected chi connectivity index (χ4v) is 2.62. The van der Waals surface area contributed by atoms with E-state index < -0.39 is 0 Å². The molecule has 0 atom stereocenters. The molecule has 0 radical (unpaired) electrons. The van der Waals surface area contributed by atoms with Crippen molar-refractivity contribution >= 4 is 17.5 Å². The summed E-state index contributed by atoms with van der Waals surface area (Å²) >= 11 is 0. The normalized spacial score (nSPS) is 11.1. The number of hydrogen-bond donors (Lipinski definition) is 2. The van der Waals surface area contributed by atoms with Crippen molar-refractivity contribution in [3.8, 4) is 11.3 Å². The standard InChI is InChI=1S/C20H22N6O2/c1-20(2,3)25-19-23-16(14-8-6-10-21-12-14)11-18(24-19)22-13-15-7-4-5-9-17(15)26(27)28/h4-12H,13H2,1-3H3,(H2,22,23,24,25). The van der Waals surface area contributed by atoms with E-state index >= 15 is 0 Å². The molecule has 0 bridgehead atoms. The second-order valence-corrected chi connectivity index (χ2v) is 7.32. The number of nitrogens with one attached hydrogen (secondary N) is 2. The van der Waals surface area contributed by atoms with Crippen LogP contribution in [-0.4, -0.2) is 25.4 Å². The van der Waals surface area contributed by atoms with E-state index in [2.05, 4.69) is 25.6 Å². The third-order valence-corrected chi connectivity index (χ3v) is 3.82. The second-order valence-electron chi connectivity index (χ2n) is 7.32. The third kappa shape index (κ3) is 5.00. The van der Waals surface area contributed by atoms with E-state index in [1.807, 2.05) is 32.9 Å². The predicted molar refractivity (Wildman–Crippen MR) is 109 cm³/mol. The van der Waals surface area contributed by atoms with Crippen LogP contribution in [0.25, 0.3) is 11.3 Å². The number of aromatic nitrogens is 3. The molecule has 0 amide bonds. The van der Waals surface area contributed by atoms with Crippen LogP contribution in [0.1, 0.15) is 26.3 Å². The van der Waals surface area contributed by atoms with Crippen LogP contribution < -0.4 is 10.6 Å². The number of nitro groups is 1. The topological polar surface area (TPSA) is 106 Å². The Morgan fingerprint density at radius 3 is 2.57 bits per heavy atom. The van der Waals surface area contributed by atoms with Gasteiger partial charge in [0, 0.05) is 47.7 Å². The molecule has 0 aliphatic heterocycles. The van der Waals surface area contributed by atoms with E-state index in [4.69, 9.17) is 0 Å². The van der Waals surface area contributed by atoms with Crippen molar-refractivity contribution in [1.29, 1.82) is 0 Å². The SMILES string of the molecule is CC(C)(C)Nc1nc(NCc2ccccc2[N+](=O)[O-])cc(-c2cccnc2)n1. The highest BCUT2D eigenvalue weighted by atomic mass is 16.6. The summed E-state index contributed by atoms with van der Waals surface area (Å²) in [6, 6.07) is 12.2. The zero-order chi connectivity index (χ0) is 20.1. The van der Waals surface area contributed by atoms with Crippen LogP contribution >= 0.6 is 0 Å². The Kier molecular flexibility index (Phi) is 5.49. The van der Waals surface area contributed by atoms with Crippen molar-refractivity contribution in [2.75, 3.05) is 10.6 Å². The Labute approximate surface area is 163 Å². The Bertz CT molecular complexity index is 970. The predicted octanol–water partition coefficient (Wildman–Crippen LogP) is 4.27. The summed E-state index contributed by atoms with van der Waals surface area (Å²) in [4.78, 5) is 24.1. The molecule has 2 aromatic heterocycles. The summed E-state index contributed by atoms with van der Waals surface area (Å²) in [5.74, 6) is 1.04. The molecule has 0 fully saturated rings. The van der Waals surface area contributed by atoms with Gasteiger partial charge in [0.05, 0.1) is 10.6 Å². The first kappa shape index (κ1) is 19.2. The van der Waals surface area contributed by atoms with Crippen LogP contribution in [0.2, 0.25) is 0 Å². The average Bonchev–Trinajstić information content (AvgIpc) is 2.65. The number of hydrogen-bond acceptors (Lipinski definition) is 7. The smallest absolute Gasteiger partial charge is 0.274 e. The fraction of sp³-hybridized carbons (Fsp3) is 0.250. The van der Waals surface area contributed by atoms with E-state index in [1.165, 1.54) is 6.07 Å². The van der Waals surface area contributed by atoms with Gasteiger partial charge in [-0.3, -0.25) is 15.1 Å². The highest BCUT2D eigenvalue weighted by Crippen LogP contribution is 2.24.